The van der Waals surface area contributed by atoms with E-state index < -0.39 is 0 Å². The summed E-state index contributed by atoms with van der Waals surface area (Å²) in [6.07, 6.45) is 12.3. The van der Waals surface area contributed by atoms with Gasteiger partial charge in [-0.15, -0.1) is 0 Å². The van der Waals surface area contributed by atoms with E-state index in [4.69, 9.17) is 0 Å². The van der Waals surface area contributed by atoms with Gasteiger partial charge in [-0.1, -0.05) is 77.3 Å². The zero-order valence-electron chi connectivity index (χ0n) is 11.8. The van der Waals surface area contributed by atoms with Gasteiger partial charge in [0.25, 0.3) is 0 Å². The van der Waals surface area contributed by atoms with E-state index in [1.807, 2.05) is 27.7 Å². The van der Waals surface area contributed by atoms with Gasteiger partial charge in [0.2, 0.25) is 0 Å². The van der Waals surface area contributed by atoms with Gasteiger partial charge < -0.3 is 0 Å². The number of hydrogen-bond donors (Lipinski definition) is 0. The van der Waals surface area contributed by atoms with Crippen LogP contribution in [0.25, 0.3) is 0 Å². The van der Waals surface area contributed by atoms with Gasteiger partial charge >= 0.3 is 0 Å². The fourth-order valence-corrected chi connectivity index (χ4v) is 1.28. The van der Waals surface area contributed by atoms with Gasteiger partial charge in [0, 0.05) is 5.92 Å². The van der Waals surface area contributed by atoms with Crippen LogP contribution in [0.4, 0.5) is 0 Å². The van der Waals surface area contributed by atoms with Crippen molar-refractivity contribution in [2.45, 2.75) is 47.8 Å². The molecule has 0 heterocycles. The van der Waals surface area contributed by atoms with Crippen LogP contribution >= 0.6 is 0 Å². The number of hydrogen-bond acceptors (Lipinski definition) is 0. The Balaban J connectivity index is -0.000000183. The van der Waals surface area contributed by atoms with E-state index in [1.165, 1.54) is 20.1 Å². The lowest BCUT2D eigenvalue weighted by atomic mass is 10.1. The molecule has 16 heavy (non-hydrogen) atoms. The third-order valence-corrected chi connectivity index (χ3v) is 1.75. The minimum absolute atomic E-state index is 0.676. The maximum absolute atomic E-state index is 4.50. The highest BCUT2D eigenvalue weighted by Crippen LogP contribution is 2.28. The molecule has 0 aromatic rings. The molecular weight excluding hydrogens is 190 g/mol. The van der Waals surface area contributed by atoms with Crippen molar-refractivity contribution in [1.82, 2.24) is 0 Å². The minimum atomic E-state index is 0.676. The molecule has 2 aliphatic carbocycles. The molecular formula is C14H26B2. The first-order valence-electron chi connectivity index (χ1n) is 6.16. The second kappa shape index (κ2) is 19.9. The summed E-state index contributed by atoms with van der Waals surface area (Å²) in [5.41, 5.74) is 1.56. The molecule has 0 N–H and O–H groups in total. The molecule has 0 fully saturated rings. The van der Waals surface area contributed by atoms with Crippen LogP contribution < -0.4 is 0 Å². The van der Waals surface area contributed by atoms with Crippen LogP contribution in [0.3, 0.4) is 0 Å². The first kappa shape index (κ1) is 20.7. The van der Waals surface area contributed by atoms with Crippen LogP contribution in [0.15, 0.2) is 36.0 Å². The van der Waals surface area contributed by atoms with Gasteiger partial charge in [0.15, 0.2) is 0 Å². The van der Waals surface area contributed by atoms with Crippen molar-refractivity contribution in [3.05, 3.63) is 36.0 Å². The van der Waals surface area contributed by atoms with Crippen molar-refractivity contribution in [3.8, 4) is 0 Å². The summed E-state index contributed by atoms with van der Waals surface area (Å²) in [5, 5.41) is 0. The molecule has 0 amide bonds. The summed E-state index contributed by atoms with van der Waals surface area (Å²) in [5.74, 6) is 0.676. The monoisotopic (exact) mass is 216 g/mol. The summed E-state index contributed by atoms with van der Waals surface area (Å²) >= 11 is 0. The SMILES string of the molecule is C1=CC2C=CCC2=C1.CC.CC.[B]C.[B]C. The van der Waals surface area contributed by atoms with Crippen molar-refractivity contribution in [3.63, 3.8) is 0 Å². The fraction of sp³-hybridized carbons (Fsp3) is 0.571. The molecule has 0 nitrogen and oxygen atoms in total. The Morgan fingerprint density at radius 2 is 1.44 bits per heavy atom. The number of fused-ring (bicyclic) bond motifs is 1. The molecule has 0 aliphatic heterocycles. The smallest absolute Gasteiger partial charge is 0.0606 e. The van der Waals surface area contributed by atoms with E-state index in [1.54, 1.807) is 5.57 Å². The van der Waals surface area contributed by atoms with E-state index >= 15 is 0 Å². The molecule has 88 valence electrons. The largest absolute Gasteiger partial charge is 0.0999 e. The topological polar surface area (TPSA) is 0 Å². The van der Waals surface area contributed by atoms with Gasteiger partial charge in [-0.3, -0.25) is 0 Å². The van der Waals surface area contributed by atoms with E-state index in [0.717, 1.165) is 0 Å². The predicted octanol–water partition coefficient (Wildman–Crippen LogP) is 4.52. The van der Waals surface area contributed by atoms with Crippen LogP contribution in [0, 0.1) is 5.92 Å². The summed E-state index contributed by atoms with van der Waals surface area (Å²) in [7, 11) is 9.00. The lowest BCUT2D eigenvalue weighted by Crippen LogP contribution is -1.83. The fourth-order valence-electron chi connectivity index (χ4n) is 1.28. The van der Waals surface area contributed by atoms with Crippen molar-refractivity contribution >= 4 is 15.7 Å². The Bertz CT molecular complexity index is 191. The van der Waals surface area contributed by atoms with Crippen molar-refractivity contribution < 1.29 is 0 Å². The minimum Gasteiger partial charge on any atom is -0.0999 e. The maximum atomic E-state index is 4.50. The van der Waals surface area contributed by atoms with E-state index in [9.17, 15) is 0 Å². The van der Waals surface area contributed by atoms with Gasteiger partial charge in [0.1, 0.15) is 0 Å². The number of rotatable bonds is 0. The highest BCUT2D eigenvalue weighted by atomic mass is 14.2. The van der Waals surface area contributed by atoms with Crippen LogP contribution in [0.5, 0.6) is 0 Å². The quantitative estimate of drug-likeness (QED) is 0.412. The Kier molecular flexibility index (Phi) is 25.7. The standard InChI is InChI=1S/C8H8.2C2H6.2CH3B/c1-3-7-5-2-6-8(7)4-1;4*1-2/h1-5,7H,6H2;2*1-2H3;2*1H3. The second-order valence-corrected chi connectivity index (χ2v) is 2.28. The molecule has 2 rings (SSSR count). The molecule has 1 atom stereocenters. The summed E-state index contributed by atoms with van der Waals surface area (Å²) < 4.78 is 0. The van der Waals surface area contributed by atoms with E-state index in [0.29, 0.717) is 5.92 Å². The Morgan fingerprint density at radius 3 is 1.88 bits per heavy atom. The second-order valence-electron chi connectivity index (χ2n) is 2.28. The van der Waals surface area contributed by atoms with E-state index in [-0.39, 0.29) is 0 Å². The molecule has 0 saturated carbocycles. The summed E-state index contributed by atoms with van der Waals surface area (Å²) in [6.45, 7) is 11.0. The van der Waals surface area contributed by atoms with Crippen molar-refractivity contribution in [1.29, 1.82) is 0 Å². The summed E-state index contributed by atoms with van der Waals surface area (Å²) in [4.78, 5) is 0. The molecule has 2 aliphatic rings. The lowest BCUT2D eigenvalue weighted by Gasteiger charge is -1.95. The molecule has 0 aromatic heterocycles. The van der Waals surface area contributed by atoms with Gasteiger partial charge in [-0.25, -0.2) is 0 Å². The molecule has 2 heteroatoms. The molecule has 4 radical (unpaired) electrons. The average Bonchev–Trinajstić information content (AvgIpc) is 3.02. The van der Waals surface area contributed by atoms with Crippen molar-refractivity contribution in [2.24, 2.45) is 5.92 Å². The highest BCUT2D eigenvalue weighted by molar-refractivity contribution is 6.05. The molecule has 1 unspecified atom stereocenters. The zero-order valence-corrected chi connectivity index (χ0v) is 11.8. The highest BCUT2D eigenvalue weighted by Gasteiger charge is 2.13. The molecule has 0 bridgehead atoms. The summed E-state index contributed by atoms with van der Waals surface area (Å²) in [6, 6.07) is 0. The van der Waals surface area contributed by atoms with Crippen LogP contribution in [-0.4, -0.2) is 15.7 Å². The predicted molar refractivity (Wildman–Crippen MR) is 80.4 cm³/mol. The lowest BCUT2D eigenvalue weighted by molar-refractivity contribution is 1.01. The first-order chi connectivity index (χ1) is 7.97. The first-order valence-corrected chi connectivity index (χ1v) is 6.16. The zero-order chi connectivity index (χ0) is 13.4. The van der Waals surface area contributed by atoms with Gasteiger partial charge in [-0.05, 0) is 6.42 Å². The normalized spacial score (nSPS) is 16.9. The Hall–Kier alpha value is -0.650. The molecule has 0 aromatic carbocycles. The van der Waals surface area contributed by atoms with Gasteiger partial charge in [0.05, 0.1) is 15.7 Å². The molecule has 0 spiro atoms. The van der Waals surface area contributed by atoms with Crippen molar-refractivity contribution in [2.75, 3.05) is 0 Å². The maximum Gasteiger partial charge on any atom is 0.0606 e. The third kappa shape index (κ3) is 8.64. The Morgan fingerprint density at radius 1 is 0.938 bits per heavy atom. The van der Waals surface area contributed by atoms with Gasteiger partial charge in [-0.2, -0.15) is 0 Å². The number of allylic oxidation sites excluding steroid dienone is 6. The van der Waals surface area contributed by atoms with Crippen LogP contribution in [0.2, 0.25) is 13.6 Å². The Labute approximate surface area is 106 Å². The van der Waals surface area contributed by atoms with E-state index in [2.05, 4.69) is 46.1 Å². The van der Waals surface area contributed by atoms with Crippen LogP contribution in [0.1, 0.15) is 34.1 Å². The third-order valence-electron chi connectivity index (χ3n) is 1.75. The average molecular weight is 216 g/mol. The molecule has 0 saturated heterocycles. The van der Waals surface area contributed by atoms with Crippen LogP contribution in [-0.2, 0) is 0 Å².